The van der Waals surface area contributed by atoms with Gasteiger partial charge in [0.15, 0.2) is 9.84 Å². The summed E-state index contributed by atoms with van der Waals surface area (Å²) in [5.74, 6) is 0. The SMILES string of the molecule is CC(C)(CNC(=O)Nc1cccc(N)c1)S(C)(=O)=O. The normalized spacial score (nSPS) is 11.9. The molecule has 0 aliphatic heterocycles. The topological polar surface area (TPSA) is 101 Å². The number of nitrogen functional groups attached to an aromatic ring is 1. The maximum atomic E-state index is 11.6. The van der Waals surface area contributed by atoms with Gasteiger partial charge in [-0.15, -0.1) is 0 Å². The van der Waals surface area contributed by atoms with E-state index in [1.54, 1.807) is 38.1 Å². The van der Waals surface area contributed by atoms with Crippen molar-refractivity contribution in [3.63, 3.8) is 0 Å². The van der Waals surface area contributed by atoms with E-state index in [4.69, 9.17) is 5.73 Å². The molecule has 2 amide bonds. The molecule has 0 saturated heterocycles. The molecule has 0 atom stereocenters. The fraction of sp³-hybridized carbons (Fsp3) is 0.417. The van der Waals surface area contributed by atoms with E-state index in [-0.39, 0.29) is 6.54 Å². The van der Waals surface area contributed by atoms with E-state index < -0.39 is 20.6 Å². The van der Waals surface area contributed by atoms with Crippen LogP contribution in [0.3, 0.4) is 0 Å². The molecular weight excluding hydrogens is 266 g/mol. The predicted octanol–water partition coefficient (Wildman–Crippen LogP) is 1.21. The van der Waals surface area contributed by atoms with Crippen molar-refractivity contribution in [3.8, 4) is 0 Å². The number of anilines is 2. The van der Waals surface area contributed by atoms with Crippen LogP contribution in [-0.2, 0) is 9.84 Å². The summed E-state index contributed by atoms with van der Waals surface area (Å²) in [5.41, 5.74) is 6.67. The second-order valence-corrected chi connectivity index (χ2v) is 7.61. The fourth-order valence-electron chi connectivity index (χ4n) is 1.22. The Morgan fingerprint density at radius 1 is 1.37 bits per heavy atom. The lowest BCUT2D eigenvalue weighted by Gasteiger charge is -2.22. The van der Waals surface area contributed by atoms with Crippen LogP contribution in [0.25, 0.3) is 0 Å². The first-order chi connectivity index (χ1) is 8.62. The van der Waals surface area contributed by atoms with Crippen LogP contribution in [0.1, 0.15) is 13.8 Å². The largest absolute Gasteiger partial charge is 0.399 e. The molecule has 7 heteroatoms. The summed E-state index contributed by atoms with van der Waals surface area (Å²) in [5, 5.41) is 5.11. The molecule has 0 spiro atoms. The van der Waals surface area contributed by atoms with E-state index >= 15 is 0 Å². The maximum absolute atomic E-state index is 11.6. The van der Waals surface area contributed by atoms with Gasteiger partial charge in [0.25, 0.3) is 0 Å². The monoisotopic (exact) mass is 285 g/mol. The molecule has 4 N–H and O–H groups in total. The summed E-state index contributed by atoms with van der Waals surface area (Å²) >= 11 is 0. The summed E-state index contributed by atoms with van der Waals surface area (Å²) in [6.07, 6.45) is 1.14. The molecule has 1 aromatic rings. The van der Waals surface area contributed by atoms with Gasteiger partial charge in [0.2, 0.25) is 0 Å². The lowest BCUT2D eigenvalue weighted by molar-refractivity contribution is 0.251. The highest BCUT2D eigenvalue weighted by molar-refractivity contribution is 7.92. The highest BCUT2D eigenvalue weighted by Crippen LogP contribution is 2.14. The Morgan fingerprint density at radius 2 is 2.00 bits per heavy atom. The van der Waals surface area contributed by atoms with E-state index in [2.05, 4.69) is 10.6 Å². The number of benzene rings is 1. The van der Waals surface area contributed by atoms with Crippen molar-refractivity contribution < 1.29 is 13.2 Å². The van der Waals surface area contributed by atoms with Crippen LogP contribution in [0.2, 0.25) is 0 Å². The fourth-order valence-corrected chi connectivity index (χ4v) is 1.55. The highest BCUT2D eigenvalue weighted by atomic mass is 32.2. The Hall–Kier alpha value is -1.76. The van der Waals surface area contributed by atoms with Crippen LogP contribution in [0.5, 0.6) is 0 Å². The first kappa shape index (κ1) is 15.3. The number of carbonyl (C=O) groups excluding carboxylic acids is 1. The third kappa shape index (κ3) is 4.44. The van der Waals surface area contributed by atoms with Gasteiger partial charge in [-0.25, -0.2) is 13.2 Å². The van der Waals surface area contributed by atoms with Crippen LogP contribution < -0.4 is 16.4 Å². The number of hydrogen-bond acceptors (Lipinski definition) is 4. The molecule has 0 bridgehead atoms. The summed E-state index contributed by atoms with van der Waals surface area (Å²) < 4.78 is 21.9. The van der Waals surface area contributed by atoms with Crippen LogP contribution in [-0.4, -0.2) is 32.0 Å². The van der Waals surface area contributed by atoms with E-state index in [1.807, 2.05) is 0 Å². The van der Waals surface area contributed by atoms with Gasteiger partial charge in [-0.05, 0) is 32.0 Å². The van der Waals surface area contributed by atoms with Crippen LogP contribution in [0.15, 0.2) is 24.3 Å². The molecule has 0 heterocycles. The number of sulfone groups is 1. The first-order valence-corrected chi connectivity index (χ1v) is 7.61. The zero-order chi connectivity index (χ0) is 14.7. The minimum absolute atomic E-state index is 0.0278. The average Bonchev–Trinajstić information content (AvgIpc) is 2.25. The highest BCUT2D eigenvalue weighted by Gasteiger charge is 2.30. The number of hydrogen-bond donors (Lipinski definition) is 3. The maximum Gasteiger partial charge on any atom is 0.319 e. The van der Waals surface area contributed by atoms with Crippen molar-refractivity contribution in [2.24, 2.45) is 0 Å². The van der Waals surface area contributed by atoms with Gasteiger partial charge in [0.05, 0.1) is 4.75 Å². The molecule has 6 nitrogen and oxygen atoms in total. The molecule has 0 unspecified atom stereocenters. The Balaban J connectivity index is 2.58. The summed E-state index contributed by atoms with van der Waals surface area (Å²) in [7, 11) is -3.24. The van der Waals surface area contributed by atoms with E-state index in [1.165, 1.54) is 0 Å². The van der Waals surface area contributed by atoms with Crippen molar-refractivity contribution in [3.05, 3.63) is 24.3 Å². The smallest absolute Gasteiger partial charge is 0.319 e. The third-order valence-corrected chi connectivity index (χ3v) is 4.97. The summed E-state index contributed by atoms with van der Waals surface area (Å²) in [6, 6.07) is 6.25. The lowest BCUT2D eigenvalue weighted by Crippen LogP contribution is -2.45. The van der Waals surface area contributed by atoms with Gasteiger partial charge in [-0.1, -0.05) is 6.07 Å². The van der Waals surface area contributed by atoms with Gasteiger partial charge in [0, 0.05) is 24.2 Å². The first-order valence-electron chi connectivity index (χ1n) is 5.72. The minimum Gasteiger partial charge on any atom is -0.399 e. The number of nitrogens with two attached hydrogens (primary N) is 1. The molecule has 0 saturated carbocycles. The van der Waals surface area contributed by atoms with Gasteiger partial charge >= 0.3 is 6.03 Å². The van der Waals surface area contributed by atoms with E-state index in [0.29, 0.717) is 11.4 Å². The second-order valence-electron chi connectivity index (χ2n) is 4.96. The molecular formula is C12H19N3O3S. The van der Waals surface area contributed by atoms with E-state index in [9.17, 15) is 13.2 Å². The van der Waals surface area contributed by atoms with Crippen molar-refractivity contribution in [2.75, 3.05) is 23.9 Å². The number of urea groups is 1. The minimum atomic E-state index is -3.24. The lowest BCUT2D eigenvalue weighted by atomic mass is 10.2. The van der Waals surface area contributed by atoms with Crippen molar-refractivity contribution in [1.82, 2.24) is 5.32 Å². The number of rotatable bonds is 4. The number of carbonyl (C=O) groups is 1. The molecule has 0 fully saturated rings. The molecule has 0 aliphatic carbocycles. The molecule has 0 aliphatic rings. The van der Waals surface area contributed by atoms with Crippen molar-refractivity contribution in [1.29, 1.82) is 0 Å². The van der Waals surface area contributed by atoms with Crippen LogP contribution in [0.4, 0.5) is 16.2 Å². The molecule has 0 aromatic heterocycles. The number of nitrogens with one attached hydrogen (secondary N) is 2. The van der Waals surface area contributed by atoms with E-state index in [0.717, 1.165) is 6.26 Å². The zero-order valence-electron chi connectivity index (χ0n) is 11.2. The molecule has 106 valence electrons. The quantitative estimate of drug-likeness (QED) is 0.724. The molecule has 1 rings (SSSR count). The van der Waals surface area contributed by atoms with Gasteiger partial charge in [0.1, 0.15) is 0 Å². The molecule has 19 heavy (non-hydrogen) atoms. The van der Waals surface area contributed by atoms with Crippen LogP contribution in [0, 0.1) is 0 Å². The summed E-state index contributed by atoms with van der Waals surface area (Å²) in [4.78, 5) is 11.6. The second kappa shape index (κ2) is 5.48. The van der Waals surface area contributed by atoms with Crippen molar-refractivity contribution in [2.45, 2.75) is 18.6 Å². The standard InChI is InChI=1S/C12H19N3O3S/c1-12(2,19(3,17)18)8-14-11(16)15-10-6-4-5-9(13)7-10/h4-7H,8,13H2,1-3H3,(H2,14,15,16). The molecule has 0 radical (unpaired) electrons. The Kier molecular flexibility index (Phi) is 4.41. The Bertz CT molecular complexity index is 567. The van der Waals surface area contributed by atoms with Crippen LogP contribution >= 0.6 is 0 Å². The Labute approximate surface area is 113 Å². The van der Waals surface area contributed by atoms with Gasteiger partial charge in [-0.2, -0.15) is 0 Å². The zero-order valence-corrected chi connectivity index (χ0v) is 12.0. The van der Waals surface area contributed by atoms with Gasteiger partial charge < -0.3 is 16.4 Å². The summed E-state index contributed by atoms with van der Waals surface area (Å²) in [6.45, 7) is 3.15. The predicted molar refractivity (Wildman–Crippen MR) is 76.8 cm³/mol. The van der Waals surface area contributed by atoms with Gasteiger partial charge in [-0.3, -0.25) is 0 Å². The number of amides is 2. The average molecular weight is 285 g/mol. The molecule has 1 aromatic carbocycles. The van der Waals surface area contributed by atoms with Crippen molar-refractivity contribution >= 4 is 27.2 Å². The Morgan fingerprint density at radius 3 is 2.53 bits per heavy atom. The third-order valence-electron chi connectivity index (χ3n) is 2.82.